The molecular weight excluding hydrogens is 552 g/mol. The largest absolute Gasteiger partial charge is 0.455 e. The smallest absolute Gasteiger partial charge is 0.160 e. The van der Waals surface area contributed by atoms with Crippen LogP contribution in [0.3, 0.4) is 0 Å². The first kappa shape index (κ1) is 25.3. The first-order valence-electron chi connectivity index (χ1n) is 14.9. The fraction of sp³-hybridized carbons (Fsp3) is 0. The number of para-hydroxylation sites is 2. The number of nitrogens with zero attached hydrogens (tertiary/aromatic N) is 4. The standard InChI is InChI=1S/C40H24N4O/c1-2-11-25(12-3-1)40-43-34(24-35(44-40)33-18-8-9-22-41-33)26-13-10-14-27(23-26)38-31-21-20-29-28-15-5-7-19-36(28)45-39(29)37(31)30-16-4-6-17-32(30)42-38/h1-24H. The topological polar surface area (TPSA) is 64.7 Å². The molecule has 5 aromatic carbocycles. The Bertz CT molecular complexity index is 2480. The number of aromatic nitrogens is 4. The highest BCUT2D eigenvalue weighted by molar-refractivity contribution is 6.24. The molecule has 0 aliphatic rings. The minimum atomic E-state index is 0.653. The Morgan fingerprint density at radius 3 is 2.07 bits per heavy atom. The average Bonchev–Trinajstić information content (AvgIpc) is 3.51. The van der Waals surface area contributed by atoms with Crippen molar-refractivity contribution in [2.24, 2.45) is 0 Å². The second-order valence-corrected chi connectivity index (χ2v) is 11.1. The minimum absolute atomic E-state index is 0.653. The zero-order valence-electron chi connectivity index (χ0n) is 24.1. The molecule has 5 nitrogen and oxygen atoms in total. The molecule has 0 radical (unpaired) electrons. The second kappa shape index (κ2) is 10.2. The van der Waals surface area contributed by atoms with E-state index in [4.69, 9.17) is 19.4 Å². The zero-order chi connectivity index (χ0) is 29.7. The number of furan rings is 1. The van der Waals surface area contributed by atoms with E-state index in [0.29, 0.717) is 5.82 Å². The van der Waals surface area contributed by atoms with Gasteiger partial charge in [0.2, 0.25) is 0 Å². The van der Waals surface area contributed by atoms with Crippen LogP contribution in [0.1, 0.15) is 0 Å². The van der Waals surface area contributed by atoms with E-state index in [1.807, 2.05) is 72.8 Å². The van der Waals surface area contributed by atoms with E-state index < -0.39 is 0 Å². The molecule has 4 aromatic heterocycles. The van der Waals surface area contributed by atoms with E-state index in [9.17, 15) is 0 Å². The quantitative estimate of drug-likeness (QED) is 0.195. The summed E-state index contributed by atoms with van der Waals surface area (Å²) < 4.78 is 6.52. The third-order valence-corrected chi connectivity index (χ3v) is 8.32. The van der Waals surface area contributed by atoms with Gasteiger partial charge in [-0.25, -0.2) is 15.0 Å². The van der Waals surface area contributed by atoms with Gasteiger partial charge in [0, 0.05) is 49.8 Å². The summed E-state index contributed by atoms with van der Waals surface area (Å²) in [6, 6.07) is 47.2. The second-order valence-electron chi connectivity index (χ2n) is 11.1. The van der Waals surface area contributed by atoms with Crippen LogP contribution in [-0.2, 0) is 0 Å². The van der Waals surface area contributed by atoms with Crippen LogP contribution in [-0.4, -0.2) is 19.9 Å². The van der Waals surface area contributed by atoms with Gasteiger partial charge in [0.25, 0.3) is 0 Å². The van der Waals surface area contributed by atoms with Crippen molar-refractivity contribution in [2.45, 2.75) is 0 Å². The molecule has 4 heterocycles. The molecule has 0 bridgehead atoms. The maximum atomic E-state index is 6.52. The van der Waals surface area contributed by atoms with Gasteiger partial charge in [-0.1, -0.05) is 97.1 Å². The molecule has 0 unspecified atom stereocenters. The molecule has 0 saturated heterocycles. The van der Waals surface area contributed by atoms with Crippen molar-refractivity contribution in [3.63, 3.8) is 0 Å². The van der Waals surface area contributed by atoms with Crippen LogP contribution in [0.15, 0.2) is 150 Å². The van der Waals surface area contributed by atoms with Gasteiger partial charge >= 0.3 is 0 Å². The van der Waals surface area contributed by atoms with Crippen molar-refractivity contribution in [1.82, 2.24) is 19.9 Å². The highest BCUT2D eigenvalue weighted by atomic mass is 16.3. The van der Waals surface area contributed by atoms with Crippen LogP contribution >= 0.6 is 0 Å². The SMILES string of the molecule is c1ccc(-c2nc(-c3cccc(-c4nc5ccccc5c5c4ccc4c6ccccc6oc45)c3)cc(-c3ccccn3)n2)cc1. The number of rotatable bonds is 4. The lowest BCUT2D eigenvalue weighted by molar-refractivity contribution is 0.673. The molecule has 9 rings (SSSR count). The van der Waals surface area contributed by atoms with E-state index in [1.165, 1.54) is 0 Å². The molecule has 9 aromatic rings. The van der Waals surface area contributed by atoms with Crippen molar-refractivity contribution in [3.8, 4) is 45.3 Å². The fourth-order valence-corrected chi connectivity index (χ4v) is 6.22. The first-order valence-corrected chi connectivity index (χ1v) is 14.9. The Morgan fingerprint density at radius 2 is 1.18 bits per heavy atom. The lowest BCUT2D eigenvalue weighted by Crippen LogP contribution is -1.97. The Balaban J connectivity index is 1.27. The summed E-state index contributed by atoms with van der Waals surface area (Å²) in [5, 5.41) is 5.39. The summed E-state index contributed by atoms with van der Waals surface area (Å²) >= 11 is 0. The predicted molar refractivity (Wildman–Crippen MR) is 182 cm³/mol. The zero-order valence-corrected chi connectivity index (χ0v) is 24.1. The third-order valence-electron chi connectivity index (χ3n) is 8.32. The van der Waals surface area contributed by atoms with Gasteiger partial charge in [0.15, 0.2) is 5.82 Å². The number of hydrogen-bond donors (Lipinski definition) is 0. The lowest BCUT2D eigenvalue weighted by Gasteiger charge is -2.12. The predicted octanol–water partition coefficient (Wildman–Crippen LogP) is 10.1. The summed E-state index contributed by atoms with van der Waals surface area (Å²) in [4.78, 5) is 19.7. The Hall–Kier alpha value is -6.20. The van der Waals surface area contributed by atoms with Gasteiger partial charge in [-0.3, -0.25) is 4.98 Å². The van der Waals surface area contributed by atoms with Crippen LogP contribution in [0.5, 0.6) is 0 Å². The summed E-state index contributed by atoms with van der Waals surface area (Å²) in [5.74, 6) is 0.653. The Morgan fingerprint density at radius 1 is 0.444 bits per heavy atom. The van der Waals surface area contributed by atoms with Gasteiger partial charge in [0.05, 0.1) is 28.3 Å². The lowest BCUT2D eigenvalue weighted by atomic mass is 9.96. The maximum absolute atomic E-state index is 6.52. The Kier molecular flexibility index (Phi) is 5.74. The molecule has 0 N–H and O–H groups in total. The van der Waals surface area contributed by atoms with Crippen molar-refractivity contribution in [3.05, 3.63) is 146 Å². The van der Waals surface area contributed by atoms with E-state index in [0.717, 1.165) is 83.1 Å². The highest BCUT2D eigenvalue weighted by Crippen LogP contribution is 2.41. The van der Waals surface area contributed by atoms with Crippen LogP contribution in [0, 0.1) is 0 Å². The van der Waals surface area contributed by atoms with E-state index >= 15 is 0 Å². The minimum Gasteiger partial charge on any atom is -0.455 e. The van der Waals surface area contributed by atoms with Gasteiger partial charge < -0.3 is 4.42 Å². The highest BCUT2D eigenvalue weighted by Gasteiger charge is 2.18. The van der Waals surface area contributed by atoms with E-state index in [1.54, 1.807) is 6.20 Å². The molecule has 0 spiro atoms. The average molecular weight is 577 g/mol. The first-order chi connectivity index (χ1) is 22.3. The molecule has 0 aliphatic heterocycles. The molecule has 5 heteroatoms. The van der Waals surface area contributed by atoms with Crippen LogP contribution < -0.4 is 0 Å². The molecule has 0 fully saturated rings. The van der Waals surface area contributed by atoms with Crippen LogP contribution in [0.25, 0.3) is 88.9 Å². The molecule has 0 aliphatic carbocycles. The molecule has 0 amide bonds. The van der Waals surface area contributed by atoms with Gasteiger partial charge in [-0.2, -0.15) is 0 Å². The van der Waals surface area contributed by atoms with E-state index in [-0.39, 0.29) is 0 Å². The summed E-state index contributed by atoms with van der Waals surface area (Å²) in [6.07, 6.45) is 1.79. The van der Waals surface area contributed by atoms with Crippen molar-refractivity contribution in [2.75, 3.05) is 0 Å². The molecule has 210 valence electrons. The number of fused-ring (bicyclic) bond motifs is 7. The number of benzene rings is 5. The van der Waals surface area contributed by atoms with Crippen molar-refractivity contribution >= 4 is 43.6 Å². The van der Waals surface area contributed by atoms with E-state index in [2.05, 4.69) is 71.7 Å². The molecule has 0 saturated carbocycles. The summed E-state index contributed by atoms with van der Waals surface area (Å²) in [7, 11) is 0. The van der Waals surface area contributed by atoms with Crippen molar-refractivity contribution in [1.29, 1.82) is 0 Å². The maximum Gasteiger partial charge on any atom is 0.160 e. The number of hydrogen-bond acceptors (Lipinski definition) is 5. The summed E-state index contributed by atoms with van der Waals surface area (Å²) in [6.45, 7) is 0. The number of pyridine rings is 2. The molecule has 45 heavy (non-hydrogen) atoms. The normalized spacial score (nSPS) is 11.6. The van der Waals surface area contributed by atoms with Crippen LogP contribution in [0.4, 0.5) is 0 Å². The third kappa shape index (κ3) is 4.25. The molecule has 0 atom stereocenters. The Labute approximate surface area is 258 Å². The van der Waals surface area contributed by atoms with Crippen LogP contribution in [0.2, 0.25) is 0 Å². The van der Waals surface area contributed by atoms with Gasteiger partial charge in [-0.05, 0) is 42.5 Å². The van der Waals surface area contributed by atoms with Gasteiger partial charge in [0.1, 0.15) is 11.2 Å². The van der Waals surface area contributed by atoms with Gasteiger partial charge in [-0.15, -0.1) is 0 Å². The summed E-state index contributed by atoms with van der Waals surface area (Å²) in [5.41, 5.74) is 8.88. The van der Waals surface area contributed by atoms with Crippen molar-refractivity contribution < 1.29 is 4.42 Å². The molecular formula is C40H24N4O. The monoisotopic (exact) mass is 576 g/mol. The fourth-order valence-electron chi connectivity index (χ4n) is 6.22.